The summed E-state index contributed by atoms with van der Waals surface area (Å²) in [6, 6.07) is 11.1. The summed E-state index contributed by atoms with van der Waals surface area (Å²) in [7, 11) is 0. The first-order chi connectivity index (χ1) is 8.99. The van der Waals surface area contributed by atoms with E-state index in [9.17, 15) is 4.79 Å². The maximum absolute atomic E-state index is 12.3. The van der Waals surface area contributed by atoms with Gasteiger partial charge in [-0.1, -0.05) is 29.8 Å². The first kappa shape index (κ1) is 14.1. The molecule has 0 aliphatic heterocycles. The van der Waals surface area contributed by atoms with Crippen molar-refractivity contribution in [2.45, 2.75) is 13.8 Å². The first-order valence-corrected chi connectivity index (χ1v) is 6.99. The van der Waals surface area contributed by atoms with Crippen molar-refractivity contribution in [2.75, 3.05) is 5.32 Å². The van der Waals surface area contributed by atoms with Crippen LogP contribution >= 0.6 is 27.5 Å². The third-order valence-corrected chi connectivity index (χ3v) is 4.19. The average Bonchev–Trinajstić information content (AvgIpc) is 2.37. The van der Waals surface area contributed by atoms with Gasteiger partial charge in [0.15, 0.2) is 0 Å². The number of hydrogen-bond donors (Lipinski definition) is 1. The van der Waals surface area contributed by atoms with Crippen molar-refractivity contribution in [1.29, 1.82) is 0 Å². The Morgan fingerprint density at radius 2 is 1.95 bits per heavy atom. The predicted molar refractivity (Wildman–Crippen MR) is 83.0 cm³/mol. The van der Waals surface area contributed by atoms with Crippen LogP contribution < -0.4 is 5.32 Å². The Labute approximate surface area is 125 Å². The van der Waals surface area contributed by atoms with Crippen molar-refractivity contribution < 1.29 is 4.79 Å². The highest BCUT2D eigenvalue weighted by Gasteiger charge is 2.12. The van der Waals surface area contributed by atoms with Crippen LogP contribution in [0.3, 0.4) is 0 Å². The molecular formula is C15H13BrClNO. The van der Waals surface area contributed by atoms with Gasteiger partial charge in [0.25, 0.3) is 5.91 Å². The molecule has 0 heterocycles. The minimum absolute atomic E-state index is 0.178. The standard InChI is InChI=1S/C15H13BrClNO/c1-9-6-7-12(17)13(8-9)18-15(19)11-5-3-4-10(2)14(11)16/h3-8H,1-2H3,(H,18,19). The third-order valence-electron chi connectivity index (χ3n) is 2.81. The molecule has 2 nitrogen and oxygen atoms in total. The van der Waals surface area contributed by atoms with E-state index in [2.05, 4.69) is 21.2 Å². The highest BCUT2D eigenvalue weighted by atomic mass is 79.9. The molecular weight excluding hydrogens is 326 g/mol. The highest BCUT2D eigenvalue weighted by molar-refractivity contribution is 9.10. The van der Waals surface area contributed by atoms with E-state index in [0.29, 0.717) is 16.3 Å². The SMILES string of the molecule is Cc1ccc(Cl)c(NC(=O)c2cccc(C)c2Br)c1. The van der Waals surface area contributed by atoms with Crippen molar-refractivity contribution in [3.05, 3.63) is 62.6 Å². The van der Waals surface area contributed by atoms with Gasteiger partial charge in [-0.15, -0.1) is 0 Å². The van der Waals surface area contributed by atoms with E-state index in [0.717, 1.165) is 15.6 Å². The summed E-state index contributed by atoms with van der Waals surface area (Å²) < 4.78 is 0.802. The zero-order chi connectivity index (χ0) is 14.0. The lowest BCUT2D eigenvalue weighted by Gasteiger charge is -2.10. The zero-order valence-electron chi connectivity index (χ0n) is 10.6. The van der Waals surface area contributed by atoms with Crippen LogP contribution in [0.25, 0.3) is 0 Å². The van der Waals surface area contributed by atoms with Gasteiger partial charge in [-0.3, -0.25) is 4.79 Å². The molecule has 2 rings (SSSR count). The molecule has 1 N–H and O–H groups in total. The number of carbonyl (C=O) groups excluding carboxylic acids is 1. The predicted octanol–water partition coefficient (Wildman–Crippen LogP) is 4.97. The highest BCUT2D eigenvalue weighted by Crippen LogP contribution is 2.26. The van der Waals surface area contributed by atoms with Gasteiger partial charge in [0.05, 0.1) is 16.3 Å². The van der Waals surface area contributed by atoms with E-state index >= 15 is 0 Å². The Balaban J connectivity index is 2.31. The lowest BCUT2D eigenvalue weighted by atomic mass is 10.1. The van der Waals surface area contributed by atoms with Gasteiger partial charge >= 0.3 is 0 Å². The second-order valence-electron chi connectivity index (χ2n) is 4.37. The number of hydrogen-bond acceptors (Lipinski definition) is 1. The van der Waals surface area contributed by atoms with Crippen LogP contribution in [-0.4, -0.2) is 5.91 Å². The summed E-state index contributed by atoms with van der Waals surface area (Å²) in [4.78, 5) is 12.3. The molecule has 0 saturated carbocycles. The van der Waals surface area contributed by atoms with E-state index < -0.39 is 0 Å². The summed E-state index contributed by atoms with van der Waals surface area (Å²) in [5, 5.41) is 3.36. The first-order valence-electron chi connectivity index (χ1n) is 5.81. The van der Waals surface area contributed by atoms with Crippen molar-refractivity contribution >= 4 is 39.1 Å². The molecule has 0 fully saturated rings. The van der Waals surface area contributed by atoms with Gasteiger partial charge in [-0.05, 0) is 59.1 Å². The molecule has 1 amide bonds. The number of anilines is 1. The van der Waals surface area contributed by atoms with Gasteiger partial charge < -0.3 is 5.32 Å². The minimum atomic E-state index is -0.178. The molecule has 0 atom stereocenters. The molecule has 0 bridgehead atoms. The second kappa shape index (κ2) is 5.76. The molecule has 2 aromatic rings. The molecule has 4 heteroatoms. The smallest absolute Gasteiger partial charge is 0.256 e. The Hall–Kier alpha value is -1.32. The Morgan fingerprint density at radius 1 is 1.21 bits per heavy atom. The lowest BCUT2D eigenvalue weighted by Crippen LogP contribution is -2.13. The van der Waals surface area contributed by atoms with Crippen LogP contribution in [0.2, 0.25) is 5.02 Å². The fourth-order valence-corrected chi connectivity index (χ4v) is 2.36. The Bertz CT molecular complexity index is 640. The van der Waals surface area contributed by atoms with Gasteiger partial charge in [0.1, 0.15) is 0 Å². The number of benzene rings is 2. The fourth-order valence-electron chi connectivity index (χ4n) is 1.75. The number of nitrogens with one attached hydrogen (secondary N) is 1. The molecule has 98 valence electrons. The van der Waals surface area contributed by atoms with Gasteiger partial charge in [0.2, 0.25) is 0 Å². The molecule has 0 saturated heterocycles. The molecule has 0 aliphatic rings. The third kappa shape index (κ3) is 3.17. The minimum Gasteiger partial charge on any atom is -0.321 e. The quantitative estimate of drug-likeness (QED) is 0.823. The van der Waals surface area contributed by atoms with Gasteiger partial charge in [0, 0.05) is 4.47 Å². The van der Waals surface area contributed by atoms with Crippen LogP contribution in [0.5, 0.6) is 0 Å². The summed E-state index contributed by atoms with van der Waals surface area (Å²) in [6.07, 6.45) is 0. The number of halogens is 2. The number of carbonyl (C=O) groups is 1. The monoisotopic (exact) mass is 337 g/mol. The van der Waals surface area contributed by atoms with Crippen LogP contribution in [0.15, 0.2) is 40.9 Å². The van der Waals surface area contributed by atoms with Crippen molar-refractivity contribution in [3.63, 3.8) is 0 Å². The normalized spacial score (nSPS) is 10.3. The zero-order valence-corrected chi connectivity index (χ0v) is 13.0. The summed E-state index contributed by atoms with van der Waals surface area (Å²) in [6.45, 7) is 3.90. The molecule has 0 aliphatic carbocycles. The van der Waals surface area contributed by atoms with E-state index in [-0.39, 0.29) is 5.91 Å². The van der Waals surface area contributed by atoms with Crippen LogP contribution in [0.1, 0.15) is 21.5 Å². The average molecular weight is 339 g/mol. The van der Waals surface area contributed by atoms with Crippen LogP contribution in [-0.2, 0) is 0 Å². The summed E-state index contributed by atoms with van der Waals surface area (Å²) in [5.74, 6) is -0.178. The maximum atomic E-state index is 12.3. The largest absolute Gasteiger partial charge is 0.321 e. The molecule has 0 radical (unpaired) electrons. The van der Waals surface area contributed by atoms with Crippen LogP contribution in [0, 0.1) is 13.8 Å². The Morgan fingerprint density at radius 3 is 2.68 bits per heavy atom. The van der Waals surface area contributed by atoms with Gasteiger partial charge in [-0.25, -0.2) is 0 Å². The summed E-state index contributed by atoms with van der Waals surface area (Å²) >= 11 is 9.51. The van der Waals surface area contributed by atoms with Gasteiger partial charge in [-0.2, -0.15) is 0 Å². The van der Waals surface area contributed by atoms with E-state index in [1.807, 2.05) is 38.1 Å². The molecule has 0 spiro atoms. The summed E-state index contributed by atoms with van der Waals surface area (Å²) in [5.41, 5.74) is 3.28. The lowest BCUT2D eigenvalue weighted by molar-refractivity contribution is 0.102. The molecule has 19 heavy (non-hydrogen) atoms. The van der Waals surface area contributed by atoms with E-state index in [1.54, 1.807) is 12.1 Å². The molecule has 0 aromatic heterocycles. The van der Waals surface area contributed by atoms with Crippen molar-refractivity contribution in [2.24, 2.45) is 0 Å². The van der Waals surface area contributed by atoms with Crippen molar-refractivity contribution in [1.82, 2.24) is 0 Å². The van der Waals surface area contributed by atoms with E-state index in [1.165, 1.54) is 0 Å². The number of amides is 1. The Kier molecular flexibility index (Phi) is 4.27. The molecule has 0 unspecified atom stereocenters. The topological polar surface area (TPSA) is 29.1 Å². The molecule has 2 aromatic carbocycles. The second-order valence-corrected chi connectivity index (χ2v) is 5.57. The van der Waals surface area contributed by atoms with E-state index in [4.69, 9.17) is 11.6 Å². The van der Waals surface area contributed by atoms with Crippen LogP contribution in [0.4, 0.5) is 5.69 Å². The number of aryl methyl sites for hydroxylation is 2. The van der Waals surface area contributed by atoms with Crippen molar-refractivity contribution in [3.8, 4) is 0 Å². The fraction of sp³-hybridized carbons (Fsp3) is 0.133. The number of rotatable bonds is 2. The maximum Gasteiger partial charge on any atom is 0.256 e.